The second-order valence-electron chi connectivity index (χ2n) is 5.46. The highest BCUT2D eigenvalue weighted by atomic mass is 35.5. The zero-order chi connectivity index (χ0) is 13.9. The fraction of sp³-hybridized carbons (Fsp3) is 0.263. The molecule has 1 aliphatic carbocycles. The van der Waals surface area contributed by atoms with Gasteiger partial charge in [0.05, 0.1) is 0 Å². The van der Waals surface area contributed by atoms with Crippen LogP contribution in [0.25, 0.3) is 17.2 Å². The smallest absolute Gasteiger partial charge is 0.0406 e. The maximum absolute atomic E-state index is 5.99. The van der Waals surface area contributed by atoms with Crippen molar-refractivity contribution in [2.45, 2.75) is 32.6 Å². The molecular formula is C19H19Cl. The predicted octanol–water partition coefficient (Wildman–Crippen LogP) is 6.14. The minimum Gasteiger partial charge on any atom is -0.0843 e. The predicted molar refractivity (Wildman–Crippen MR) is 88.1 cm³/mol. The Balaban J connectivity index is 1.92. The lowest BCUT2D eigenvalue weighted by Gasteiger charge is -2.09. The zero-order valence-corrected chi connectivity index (χ0v) is 12.6. The highest BCUT2D eigenvalue weighted by Crippen LogP contribution is 2.35. The Bertz CT molecular complexity index is 635. The Kier molecular flexibility index (Phi) is 3.93. The van der Waals surface area contributed by atoms with Gasteiger partial charge >= 0.3 is 0 Å². The first-order valence-corrected chi connectivity index (χ1v) is 7.73. The molecule has 3 rings (SSSR count). The zero-order valence-electron chi connectivity index (χ0n) is 11.8. The Morgan fingerprint density at radius 1 is 1.05 bits per heavy atom. The molecule has 0 heterocycles. The fourth-order valence-electron chi connectivity index (χ4n) is 2.90. The van der Waals surface area contributed by atoms with Gasteiger partial charge < -0.3 is 0 Å². The van der Waals surface area contributed by atoms with E-state index in [-0.39, 0.29) is 0 Å². The van der Waals surface area contributed by atoms with Gasteiger partial charge in [-0.1, -0.05) is 66.9 Å². The van der Waals surface area contributed by atoms with Crippen molar-refractivity contribution in [2.24, 2.45) is 0 Å². The summed E-state index contributed by atoms with van der Waals surface area (Å²) < 4.78 is 0. The van der Waals surface area contributed by atoms with E-state index in [1.54, 1.807) is 5.57 Å². The van der Waals surface area contributed by atoms with E-state index in [0.29, 0.717) is 0 Å². The van der Waals surface area contributed by atoms with Gasteiger partial charge in [-0.25, -0.2) is 0 Å². The molecule has 1 aliphatic rings. The topological polar surface area (TPSA) is 0 Å². The molecule has 0 fully saturated rings. The lowest BCUT2D eigenvalue weighted by molar-refractivity contribution is 0.779. The second kappa shape index (κ2) is 5.85. The van der Waals surface area contributed by atoms with Crippen LogP contribution in [-0.2, 0) is 6.42 Å². The Morgan fingerprint density at radius 3 is 2.60 bits per heavy atom. The van der Waals surface area contributed by atoms with E-state index in [4.69, 9.17) is 11.6 Å². The van der Waals surface area contributed by atoms with Crippen molar-refractivity contribution < 1.29 is 0 Å². The number of halogens is 1. The van der Waals surface area contributed by atoms with Gasteiger partial charge in [0, 0.05) is 5.02 Å². The molecule has 0 saturated carbocycles. The normalized spacial score (nSPS) is 13.2. The first kappa shape index (κ1) is 13.5. The maximum atomic E-state index is 5.99. The molecule has 0 radical (unpaired) electrons. The molecule has 0 aromatic heterocycles. The molecule has 0 spiro atoms. The van der Waals surface area contributed by atoms with Crippen molar-refractivity contribution in [1.29, 1.82) is 0 Å². The fourth-order valence-corrected chi connectivity index (χ4v) is 3.03. The molecule has 0 aliphatic heterocycles. The summed E-state index contributed by atoms with van der Waals surface area (Å²) >= 11 is 5.99. The summed E-state index contributed by atoms with van der Waals surface area (Å²) in [7, 11) is 0. The van der Waals surface area contributed by atoms with Crippen LogP contribution in [0.4, 0.5) is 0 Å². The van der Waals surface area contributed by atoms with E-state index >= 15 is 0 Å². The largest absolute Gasteiger partial charge is 0.0843 e. The van der Waals surface area contributed by atoms with Crippen LogP contribution in [0.1, 0.15) is 37.3 Å². The second-order valence-corrected chi connectivity index (χ2v) is 5.90. The standard InChI is InChI=1S/C19H19Cl/c1-2-3-5-14-12-16-6-4-7-18(19(16)13-14)15-8-10-17(20)11-9-15/h4,6-12H,2-3,5,13H2,1H3. The molecule has 2 aromatic rings. The number of unbranched alkanes of at least 4 members (excludes halogenated alkanes) is 1. The van der Waals surface area contributed by atoms with E-state index in [9.17, 15) is 0 Å². The molecule has 102 valence electrons. The molecule has 0 N–H and O–H groups in total. The molecule has 2 aromatic carbocycles. The summed E-state index contributed by atoms with van der Waals surface area (Å²) in [6.07, 6.45) is 7.26. The van der Waals surface area contributed by atoms with Crippen molar-refractivity contribution in [2.75, 3.05) is 0 Å². The summed E-state index contributed by atoms with van der Waals surface area (Å²) in [5.41, 5.74) is 7.05. The third-order valence-electron chi connectivity index (χ3n) is 3.98. The molecule has 0 nitrogen and oxygen atoms in total. The number of hydrogen-bond donors (Lipinski definition) is 0. The number of fused-ring (bicyclic) bond motifs is 1. The van der Waals surface area contributed by atoms with Gasteiger partial charge in [0.25, 0.3) is 0 Å². The van der Waals surface area contributed by atoms with Crippen molar-refractivity contribution in [3.05, 3.63) is 64.2 Å². The molecule has 1 heteroatoms. The molecule has 0 bridgehead atoms. The van der Waals surface area contributed by atoms with Crippen molar-refractivity contribution in [3.8, 4) is 11.1 Å². The van der Waals surface area contributed by atoms with Crippen molar-refractivity contribution >= 4 is 17.7 Å². The van der Waals surface area contributed by atoms with Crippen LogP contribution < -0.4 is 0 Å². The average Bonchev–Trinajstić information content (AvgIpc) is 2.89. The molecular weight excluding hydrogens is 264 g/mol. The summed E-state index contributed by atoms with van der Waals surface area (Å²) in [5.74, 6) is 0. The highest BCUT2D eigenvalue weighted by Gasteiger charge is 2.16. The van der Waals surface area contributed by atoms with Gasteiger partial charge in [-0.3, -0.25) is 0 Å². The molecule has 0 saturated heterocycles. The summed E-state index contributed by atoms with van der Waals surface area (Å²) in [4.78, 5) is 0. The molecule has 0 atom stereocenters. The van der Waals surface area contributed by atoms with Gasteiger partial charge in [0.15, 0.2) is 0 Å². The minimum absolute atomic E-state index is 0.795. The van der Waals surface area contributed by atoms with Crippen LogP contribution in [0.15, 0.2) is 48.0 Å². The van der Waals surface area contributed by atoms with E-state index in [0.717, 1.165) is 11.4 Å². The van der Waals surface area contributed by atoms with Crippen molar-refractivity contribution in [1.82, 2.24) is 0 Å². The summed E-state index contributed by atoms with van der Waals surface area (Å²) in [6.45, 7) is 2.25. The SMILES string of the molecule is CCCCC1=Cc2cccc(-c3ccc(Cl)cc3)c2C1. The number of rotatable bonds is 4. The lowest BCUT2D eigenvalue weighted by atomic mass is 9.95. The molecule has 0 unspecified atom stereocenters. The van der Waals surface area contributed by atoms with Crippen LogP contribution in [0, 0.1) is 0 Å². The van der Waals surface area contributed by atoms with Crippen LogP contribution in [0.3, 0.4) is 0 Å². The van der Waals surface area contributed by atoms with Crippen LogP contribution >= 0.6 is 11.6 Å². The van der Waals surface area contributed by atoms with Gasteiger partial charge in [0.1, 0.15) is 0 Å². The summed E-state index contributed by atoms with van der Waals surface area (Å²) in [6, 6.07) is 14.8. The maximum Gasteiger partial charge on any atom is 0.0406 e. The first-order valence-electron chi connectivity index (χ1n) is 7.35. The number of benzene rings is 2. The quantitative estimate of drug-likeness (QED) is 0.632. The van der Waals surface area contributed by atoms with Crippen LogP contribution in [0.2, 0.25) is 5.02 Å². The Morgan fingerprint density at radius 2 is 1.85 bits per heavy atom. The van der Waals surface area contributed by atoms with Gasteiger partial charge in [0.2, 0.25) is 0 Å². The third kappa shape index (κ3) is 2.66. The summed E-state index contributed by atoms with van der Waals surface area (Å²) in [5, 5.41) is 0.795. The van der Waals surface area contributed by atoms with E-state index < -0.39 is 0 Å². The Hall–Kier alpha value is -1.53. The first-order chi connectivity index (χ1) is 9.78. The van der Waals surface area contributed by atoms with Gasteiger partial charge in [-0.05, 0) is 53.6 Å². The monoisotopic (exact) mass is 282 g/mol. The van der Waals surface area contributed by atoms with Crippen molar-refractivity contribution in [3.63, 3.8) is 0 Å². The molecule has 20 heavy (non-hydrogen) atoms. The van der Waals surface area contributed by atoms with E-state index in [1.807, 2.05) is 12.1 Å². The Labute approximate surface area is 126 Å². The van der Waals surface area contributed by atoms with Crippen LogP contribution in [0.5, 0.6) is 0 Å². The van der Waals surface area contributed by atoms with E-state index in [1.165, 1.54) is 41.5 Å². The third-order valence-corrected chi connectivity index (χ3v) is 4.23. The highest BCUT2D eigenvalue weighted by molar-refractivity contribution is 6.30. The van der Waals surface area contributed by atoms with Gasteiger partial charge in [-0.15, -0.1) is 0 Å². The average molecular weight is 283 g/mol. The minimum atomic E-state index is 0.795. The van der Waals surface area contributed by atoms with E-state index in [2.05, 4.69) is 43.3 Å². The lowest BCUT2D eigenvalue weighted by Crippen LogP contribution is -1.90. The molecule has 0 amide bonds. The van der Waals surface area contributed by atoms with Gasteiger partial charge in [-0.2, -0.15) is 0 Å². The number of allylic oxidation sites excluding steroid dienone is 1. The number of hydrogen-bond acceptors (Lipinski definition) is 0. The van der Waals surface area contributed by atoms with Crippen LogP contribution in [-0.4, -0.2) is 0 Å².